The van der Waals surface area contributed by atoms with Gasteiger partial charge in [-0.3, -0.25) is 9.69 Å². The summed E-state index contributed by atoms with van der Waals surface area (Å²) in [5.41, 5.74) is 0.447. The maximum absolute atomic E-state index is 12.1. The molecule has 0 atom stereocenters. The average molecular weight is 285 g/mol. The summed E-state index contributed by atoms with van der Waals surface area (Å²) in [6, 6.07) is 5.98. The van der Waals surface area contributed by atoms with Crippen LogP contribution in [-0.2, 0) is 4.79 Å². The molecule has 1 amide bonds. The second kappa shape index (κ2) is 7.16. The van der Waals surface area contributed by atoms with Crippen molar-refractivity contribution in [1.29, 1.82) is 0 Å². The minimum Gasteiger partial charge on any atom is -0.435 e. The van der Waals surface area contributed by atoms with E-state index in [1.54, 1.807) is 12.1 Å². The van der Waals surface area contributed by atoms with Crippen molar-refractivity contribution in [1.82, 2.24) is 10.2 Å². The van der Waals surface area contributed by atoms with Crippen molar-refractivity contribution in [2.75, 3.05) is 38.0 Å². The number of nitrogens with zero attached hydrogens (tertiary/aromatic N) is 1. The van der Waals surface area contributed by atoms with Gasteiger partial charge >= 0.3 is 6.61 Å². The molecular weight excluding hydrogens is 268 g/mol. The molecule has 110 valence electrons. The van der Waals surface area contributed by atoms with Gasteiger partial charge in [-0.25, -0.2) is 0 Å². The quantitative estimate of drug-likeness (QED) is 0.851. The number of carbonyl (C=O) groups excluding carboxylic acids is 1. The summed E-state index contributed by atoms with van der Waals surface area (Å²) >= 11 is 0. The normalized spacial score (nSPS) is 16.1. The van der Waals surface area contributed by atoms with Gasteiger partial charge in [-0.1, -0.05) is 6.07 Å². The van der Waals surface area contributed by atoms with E-state index in [1.807, 2.05) is 4.90 Å². The van der Waals surface area contributed by atoms with Crippen molar-refractivity contribution in [3.63, 3.8) is 0 Å². The first-order valence-corrected chi connectivity index (χ1v) is 6.41. The number of amides is 1. The number of benzene rings is 1. The van der Waals surface area contributed by atoms with Crippen LogP contribution in [0.25, 0.3) is 0 Å². The number of piperazine rings is 1. The smallest absolute Gasteiger partial charge is 0.387 e. The summed E-state index contributed by atoms with van der Waals surface area (Å²) < 4.78 is 28.5. The first-order valence-electron chi connectivity index (χ1n) is 6.41. The molecule has 2 rings (SSSR count). The Kier molecular flexibility index (Phi) is 5.25. The van der Waals surface area contributed by atoms with Gasteiger partial charge in [-0.05, 0) is 12.1 Å². The lowest BCUT2D eigenvalue weighted by Gasteiger charge is -2.26. The fourth-order valence-corrected chi connectivity index (χ4v) is 2.02. The molecule has 2 N–H and O–H groups in total. The molecule has 7 heteroatoms. The number of hydrogen-bond acceptors (Lipinski definition) is 4. The minimum atomic E-state index is -2.87. The third-order valence-corrected chi connectivity index (χ3v) is 2.92. The summed E-state index contributed by atoms with van der Waals surface area (Å²) in [5, 5.41) is 5.88. The zero-order chi connectivity index (χ0) is 14.4. The molecule has 0 saturated carbocycles. The Bertz CT molecular complexity index is 451. The fraction of sp³-hybridized carbons (Fsp3) is 0.462. The van der Waals surface area contributed by atoms with Gasteiger partial charge in [0.1, 0.15) is 5.75 Å². The summed E-state index contributed by atoms with van der Waals surface area (Å²) in [5.74, 6) is -0.138. The van der Waals surface area contributed by atoms with Crippen molar-refractivity contribution in [2.45, 2.75) is 6.61 Å². The van der Waals surface area contributed by atoms with Crippen molar-refractivity contribution in [3.05, 3.63) is 24.3 Å². The SMILES string of the molecule is O=C(CN1CCNCC1)Nc1cccc(OC(F)F)c1. The molecule has 0 unspecified atom stereocenters. The number of carbonyl (C=O) groups is 1. The molecule has 20 heavy (non-hydrogen) atoms. The molecule has 1 aliphatic rings. The lowest BCUT2D eigenvalue weighted by molar-refractivity contribution is -0.117. The highest BCUT2D eigenvalue weighted by Gasteiger charge is 2.13. The van der Waals surface area contributed by atoms with E-state index in [4.69, 9.17) is 0 Å². The highest BCUT2D eigenvalue weighted by atomic mass is 19.3. The Morgan fingerprint density at radius 2 is 2.15 bits per heavy atom. The second-order valence-corrected chi connectivity index (χ2v) is 4.48. The van der Waals surface area contributed by atoms with Gasteiger partial charge in [0, 0.05) is 37.9 Å². The summed E-state index contributed by atoms with van der Waals surface area (Å²) in [4.78, 5) is 13.9. The van der Waals surface area contributed by atoms with E-state index in [2.05, 4.69) is 15.4 Å². The Balaban J connectivity index is 1.86. The molecule has 0 radical (unpaired) electrons. The summed E-state index contributed by atoms with van der Waals surface area (Å²) in [6.45, 7) is 0.795. The lowest BCUT2D eigenvalue weighted by Crippen LogP contribution is -2.46. The summed E-state index contributed by atoms with van der Waals surface area (Å²) in [6.07, 6.45) is 0. The van der Waals surface area contributed by atoms with Crippen LogP contribution in [-0.4, -0.2) is 50.1 Å². The second-order valence-electron chi connectivity index (χ2n) is 4.48. The predicted molar refractivity (Wildman–Crippen MR) is 71.0 cm³/mol. The molecule has 1 fully saturated rings. The monoisotopic (exact) mass is 285 g/mol. The molecule has 1 saturated heterocycles. The number of hydrogen-bond donors (Lipinski definition) is 2. The Morgan fingerprint density at radius 1 is 1.40 bits per heavy atom. The minimum absolute atomic E-state index is 0.0278. The van der Waals surface area contributed by atoms with E-state index in [0.717, 1.165) is 26.2 Å². The highest BCUT2D eigenvalue weighted by molar-refractivity contribution is 5.92. The van der Waals surface area contributed by atoms with Crippen LogP contribution in [0.2, 0.25) is 0 Å². The topological polar surface area (TPSA) is 53.6 Å². The number of halogens is 2. The van der Waals surface area contributed by atoms with Crippen LogP contribution in [0, 0.1) is 0 Å². The molecule has 0 bridgehead atoms. The predicted octanol–water partition coefficient (Wildman–Crippen LogP) is 1.13. The zero-order valence-electron chi connectivity index (χ0n) is 10.9. The van der Waals surface area contributed by atoms with Crippen LogP contribution in [0.3, 0.4) is 0 Å². The van der Waals surface area contributed by atoms with Gasteiger partial charge in [-0.2, -0.15) is 8.78 Å². The molecule has 1 aromatic rings. The first-order chi connectivity index (χ1) is 9.63. The van der Waals surface area contributed by atoms with Gasteiger partial charge in [-0.15, -0.1) is 0 Å². The molecule has 1 aromatic carbocycles. The fourth-order valence-electron chi connectivity index (χ4n) is 2.02. The van der Waals surface area contributed by atoms with E-state index in [0.29, 0.717) is 12.2 Å². The number of ether oxygens (including phenoxy) is 1. The van der Waals surface area contributed by atoms with Crippen LogP contribution in [0.1, 0.15) is 0 Å². The average Bonchev–Trinajstić information content (AvgIpc) is 2.39. The standard InChI is InChI=1S/C13H17F2N3O2/c14-13(15)20-11-3-1-2-10(8-11)17-12(19)9-18-6-4-16-5-7-18/h1-3,8,13,16H,4-7,9H2,(H,17,19). The van der Waals surface area contributed by atoms with E-state index in [1.165, 1.54) is 12.1 Å². The van der Waals surface area contributed by atoms with E-state index in [9.17, 15) is 13.6 Å². The molecule has 0 aromatic heterocycles. The van der Waals surface area contributed by atoms with E-state index < -0.39 is 6.61 Å². The van der Waals surface area contributed by atoms with Crippen LogP contribution in [0.15, 0.2) is 24.3 Å². The zero-order valence-corrected chi connectivity index (χ0v) is 10.9. The number of alkyl halides is 2. The van der Waals surface area contributed by atoms with Gasteiger partial charge < -0.3 is 15.4 Å². The third-order valence-electron chi connectivity index (χ3n) is 2.92. The van der Waals surface area contributed by atoms with Crippen molar-refractivity contribution < 1.29 is 18.3 Å². The molecular formula is C13H17F2N3O2. The Morgan fingerprint density at radius 3 is 2.85 bits per heavy atom. The Hall–Kier alpha value is -1.73. The van der Waals surface area contributed by atoms with Crippen molar-refractivity contribution in [2.24, 2.45) is 0 Å². The largest absolute Gasteiger partial charge is 0.435 e. The number of nitrogens with one attached hydrogen (secondary N) is 2. The summed E-state index contributed by atoms with van der Waals surface area (Å²) in [7, 11) is 0. The highest BCUT2D eigenvalue weighted by Crippen LogP contribution is 2.19. The molecule has 1 heterocycles. The molecule has 0 aliphatic carbocycles. The maximum atomic E-state index is 12.1. The van der Waals surface area contributed by atoms with Gasteiger partial charge in [0.15, 0.2) is 0 Å². The van der Waals surface area contributed by atoms with Crippen LogP contribution >= 0.6 is 0 Å². The molecule has 5 nitrogen and oxygen atoms in total. The first kappa shape index (κ1) is 14.7. The van der Waals surface area contributed by atoms with Crippen LogP contribution in [0.5, 0.6) is 5.75 Å². The molecule has 0 spiro atoms. The Labute approximate surface area is 115 Å². The maximum Gasteiger partial charge on any atom is 0.387 e. The van der Waals surface area contributed by atoms with Crippen molar-refractivity contribution in [3.8, 4) is 5.75 Å². The molecule has 1 aliphatic heterocycles. The lowest BCUT2D eigenvalue weighted by atomic mass is 10.3. The van der Waals surface area contributed by atoms with E-state index >= 15 is 0 Å². The van der Waals surface area contributed by atoms with Crippen molar-refractivity contribution >= 4 is 11.6 Å². The third kappa shape index (κ3) is 4.75. The van der Waals surface area contributed by atoms with Crippen LogP contribution in [0.4, 0.5) is 14.5 Å². The number of anilines is 1. The van der Waals surface area contributed by atoms with Gasteiger partial charge in [0.05, 0.1) is 6.54 Å². The van der Waals surface area contributed by atoms with Gasteiger partial charge in [0.25, 0.3) is 0 Å². The number of rotatable bonds is 5. The van der Waals surface area contributed by atoms with E-state index in [-0.39, 0.29) is 11.7 Å². The van der Waals surface area contributed by atoms with Gasteiger partial charge in [0.2, 0.25) is 5.91 Å². The van der Waals surface area contributed by atoms with Crippen LogP contribution < -0.4 is 15.4 Å².